The lowest BCUT2D eigenvalue weighted by Gasteiger charge is -2.11. The molecule has 1 atom stereocenters. The van der Waals surface area contributed by atoms with Crippen molar-refractivity contribution < 1.29 is 19.1 Å². The van der Waals surface area contributed by atoms with E-state index in [1.165, 1.54) is 20.5 Å². The number of ketones is 1. The van der Waals surface area contributed by atoms with Gasteiger partial charge < -0.3 is 14.8 Å². The van der Waals surface area contributed by atoms with Gasteiger partial charge in [0.1, 0.15) is 12.9 Å². The fourth-order valence-corrected chi connectivity index (χ4v) is 1.51. The largest absolute Gasteiger partial charge is 0.377 e. The predicted octanol–water partition coefficient (Wildman–Crippen LogP) is 3.99. The highest BCUT2D eigenvalue weighted by molar-refractivity contribution is 5.79. The van der Waals surface area contributed by atoms with Crippen molar-refractivity contribution in [3.05, 3.63) is 35.9 Å². The first kappa shape index (κ1) is 28.8. The number of aldehydes is 1. The summed E-state index contributed by atoms with van der Waals surface area (Å²) >= 11 is 0. The molecule has 26 heavy (non-hydrogen) atoms. The molecule has 0 aliphatic heterocycles. The molecule has 0 aliphatic rings. The van der Waals surface area contributed by atoms with Gasteiger partial charge in [0.25, 0.3) is 0 Å². The van der Waals surface area contributed by atoms with Crippen molar-refractivity contribution in [1.82, 2.24) is 5.32 Å². The van der Waals surface area contributed by atoms with E-state index in [2.05, 4.69) is 23.9 Å². The van der Waals surface area contributed by atoms with E-state index in [9.17, 15) is 14.4 Å². The van der Waals surface area contributed by atoms with Crippen LogP contribution < -0.4 is 5.32 Å². The van der Waals surface area contributed by atoms with Crippen LogP contribution >= 0.6 is 0 Å². The Kier molecular flexibility index (Phi) is 25.4. The normalized spacial score (nSPS) is 9.65. The molecule has 1 aromatic rings. The number of amides is 1. The molecule has 5 nitrogen and oxygen atoms in total. The molecule has 0 aromatic heterocycles. The summed E-state index contributed by atoms with van der Waals surface area (Å²) in [7, 11) is 1.50. The van der Waals surface area contributed by atoms with Crippen molar-refractivity contribution in [2.75, 3.05) is 13.7 Å². The third-order valence-corrected chi connectivity index (χ3v) is 2.48. The standard InChI is InChI=1S/C12H15NO2.C4H8O2.C3H8.C2H6/c1-2-12(15)13-11(9-14)8-10-6-4-3-5-7-10;1-4(5)3-6-2;1-3-2;1-2/h3-7,9,11H,2,8H2,1H3,(H,13,15);3H2,1-2H3;3H2,1-2H3;1-2H3. The maximum Gasteiger partial charge on any atom is 0.220 e. The average molecular weight is 368 g/mol. The number of Topliss-reactive ketones (excluding diaryl/α,β-unsaturated/α-hetero) is 1. The summed E-state index contributed by atoms with van der Waals surface area (Å²) in [6, 6.07) is 9.21. The van der Waals surface area contributed by atoms with Crippen LogP contribution in [0, 0.1) is 0 Å². The molecule has 0 aliphatic carbocycles. The molecule has 1 N–H and O–H groups in total. The van der Waals surface area contributed by atoms with Crippen molar-refractivity contribution in [3.8, 4) is 0 Å². The Morgan fingerprint density at radius 3 is 1.92 bits per heavy atom. The second-order valence-corrected chi connectivity index (χ2v) is 5.20. The van der Waals surface area contributed by atoms with Gasteiger partial charge in [0.15, 0.2) is 5.78 Å². The third kappa shape index (κ3) is 22.0. The van der Waals surface area contributed by atoms with Crippen LogP contribution in [0.15, 0.2) is 30.3 Å². The zero-order valence-corrected chi connectivity index (χ0v) is 17.5. The van der Waals surface area contributed by atoms with E-state index < -0.39 is 6.04 Å². The van der Waals surface area contributed by atoms with Crippen LogP contribution in [-0.2, 0) is 25.5 Å². The van der Waals surface area contributed by atoms with Crippen LogP contribution in [0.3, 0.4) is 0 Å². The van der Waals surface area contributed by atoms with E-state index in [0.717, 1.165) is 11.8 Å². The second-order valence-electron chi connectivity index (χ2n) is 5.20. The van der Waals surface area contributed by atoms with Crippen LogP contribution in [-0.4, -0.2) is 37.7 Å². The lowest BCUT2D eigenvalue weighted by atomic mass is 10.1. The monoisotopic (exact) mass is 367 g/mol. The SMILES string of the molecule is CC.CCC.CCC(=O)NC(C=O)Cc1ccccc1.COCC(C)=O. The van der Waals surface area contributed by atoms with Crippen molar-refractivity contribution in [2.45, 2.75) is 66.8 Å². The Labute approximate surface area is 159 Å². The predicted molar refractivity (Wildman–Crippen MR) is 108 cm³/mol. The van der Waals surface area contributed by atoms with Crippen LogP contribution in [0.2, 0.25) is 0 Å². The van der Waals surface area contributed by atoms with E-state index >= 15 is 0 Å². The highest BCUT2D eigenvalue weighted by Crippen LogP contribution is 2.02. The minimum absolute atomic E-state index is 0.0671. The fraction of sp³-hybridized carbons (Fsp3) is 0.571. The topological polar surface area (TPSA) is 72.5 Å². The summed E-state index contributed by atoms with van der Waals surface area (Å²) in [6.07, 6.45) is 2.98. The lowest BCUT2D eigenvalue weighted by Crippen LogP contribution is -2.37. The molecule has 0 bridgehead atoms. The van der Waals surface area contributed by atoms with Gasteiger partial charge in [-0.2, -0.15) is 0 Å². The summed E-state index contributed by atoms with van der Waals surface area (Å²) in [6.45, 7) is 11.7. The van der Waals surface area contributed by atoms with Gasteiger partial charge in [-0.25, -0.2) is 0 Å². The number of hydrogen-bond donors (Lipinski definition) is 1. The molecule has 5 heteroatoms. The number of benzene rings is 1. The van der Waals surface area contributed by atoms with Gasteiger partial charge in [0, 0.05) is 13.5 Å². The smallest absolute Gasteiger partial charge is 0.220 e. The maximum atomic E-state index is 11.1. The molecule has 1 aromatic carbocycles. The highest BCUT2D eigenvalue weighted by Gasteiger charge is 2.10. The number of carbonyl (C=O) groups is 3. The molecule has 0 radical (unpaired) electrons. The number of carbonyl (C=O) groups excluding carboxylic acids is 3. The lowest BCUT2D eigenvalue weighted by molar-refractivity contribution is -0.123. The van der Waals surface area contributed by atoms with E-state index in [1.54, 1.807) is 6.92 Å². The molecule has 1 amide bonds. The quantitative estimate of drug-likeness (QED) is 0.740. The molecular formula is C21H37NO4. The summed E-state index contributed by atoms with van der Waals surface area (Å²) in [5.74, 6) is -0.0273. The van der Waals surface area contributed by atoms with Gasteiger partial charge in [-0.15, -0.1) is 0 Å². The van der Waals surface area contributed by atoms with E-state index in [0.29, 0.717) is 12.8 Å². The second kappa shape index (κ2) is 23.0. The molecule has 0 fully saturated rings. The Morgan fingerprint density at radius 2 is 1.62 bits per heavy atom. The van der Waals surface area contributed by atoms with Crippen LogP contribution in [0.1, 0.15) is 59.9 Å². The number of hydrogen-bond acceptors (Lipinski definition) is 4. The summed E-state index contributed by atoms with van der Waals surface area (Å²) < 4.78 is 4.45. The third-order valence-electron chi connectivity index (χ3n) is 2.48. The van der Waals surface area contributed by atoms with E-state index in [-0.39, 0.29) is 18.3 Å². The van der Waals surface area contributed by atoms with E-state index in [1.807, 2.05) is 44.2 Å². The van der Waals surface area contributed by atoms with Crippen LogP contribution in [0.25, 0.3) is 0 Å². The molecule has 1 unspecified atom stereocenters. The molecule has 0 saturated carbocycles. The number of rotatable bonds is 7. The fourth-order valence-electron chi connectivity index (χ4n) is 1.51. The maximum absolute atomic E-state index is 11.1. The van der Waals surface area contributed by atoms with Gasteiger partial charge in [0.2, 0.25) is 5.91 Å². The van der Waals surface area contributed by atoms with Gasteiger partial charge in [-0.3, -0.25) is 9.59 Å². The zero-order valence-electron chi connectivity index (χ0n) is 17.5. The first-order chi connectivity index (χ1) is 12.4. The number of methoxy groups -OCH3 is 1. The van der Waals surface area contributed by atoms with Crippen molar-refractivity contribution in [2.24, 2.45) is 0 Å². The van der Waals surface area contributed by atoms with Crippen molar-refractivity contribution >= 4 is 18.0 Å². The van der Waals surface area contributed by atoms with Crippen LogP contribution in [0.5, 0.6) is 0 Å². The van der Waals surface area contributed by atoms with Crippen LogP contribution in [0.4, 0.5) is 0 Å². The zero-order chi connectivity index (χ0) is 20.8. The number of nitrogens with one attached hydrogen (secondary N) is 1. The van der Waals surface area contributed by atoms with Crippen molar-refractivity contribution in [3.63, 3.8) is 0 Å². The minimum atomic E-state index is -0.417. The first-order valence-electron chi connectivity index (χ1n) is 9.21. The molecular weight excluding hydrogens is 330 g/mol. The molecule has 0 heterocycles. The van der Waals surface area contributed by atoms with Gasteiger partial charge >= 0.3 is 0 Å². The Bertz CT molecular complexity index is 447. The van der Waals surface area contributed by atoms with Gasteiger partial charge in [0.05, 0.1) is 6.04 Å². The Morgan fingerprint density at radius 1 is 1.12 bits per heavy atom. The highest BCUT2D eigenvalue weighted by atomic mass is 16.5. The number of ether oxygens (including phenoxy) is 1. The van der Waals surface area contributed by atoms with Gasteiger partial charge in [-0.05, 0) is 18.9 Å². The summed E-state index contributed by atoms with van der Waals surface area (Å²) in [5.41, 5.74) is 1.05. The molecule has 0 spiro atoms. The Balaban J connectivity index is -0.000000401. The molecule has 150 valence electrons. The first-order valence-corrected chi connectivity index (χ1v) is 9.21. The van der Waals surface area contributed by atoms with E-state index in [4.69, 9.17) is 0 Å². The van der Waals surface area contributed by atoms with Gasteiger partial charge in [-0.1, -0.05) is 71.4 Å². The minimum Gasteiger partial charge on any atom is -0.377 e. The van der Waals surface area contributed by atoms with Crippen molar-refractivity contribution in [1.29, 1.82) is 0 Å². The average Bonchev–Trinajstić information content (AvgIpc) is 2.64. The Hall–Kier alpha value is -2.01. The summed E-state index contributed by atoms with van der Waals surface area (Å²) in [5, 5.41) is 2.66. The molecule has 0 saturated heterocycles. The molecule has 1 rings (SSSR count). The summed E-state index contributed by atoms with van der Waals surface area (Å²) in [4.78, 5) is 31.8.